The predicted octanol–water partition coefficient (Wildman–Crippen LogP) is 2.57. The molecular weight excluding hydrogens is 198 g/mol. The van der Waals surface area contributed by atoms with E-state index in [2.05, 4.69) is 41.9 Å². The van der Waals surface area contributed by atoms with Crippen LogP contribution in [0.4, 0.5) is 0 Å². The highest BCUT2D eigenvalue weighted by Gasteiger charge is 2.20. The van der Waals surface area contributed by atoms with Gasteiger partial charge in [0.05, 0.1) is 5.69 Å². The minimum Gasteiger partial charge on any atom is -0.308 e. The number of hydrogen-bond donors (Lipinski definition) is 1. The summed E-state index contributed by atoms with van der Waals surface area (Å²) in [5.41, 5.74) is 1.70. The minimum absolute atomic E-state index is 0.382. The van der Waals surface area contributed by atoms with E-state index in [0.29, 0.717) is 5.41 Å². The Hall–Kier alpha value is -0.830. The average molecular weight is 221 g/mol. The molecule has 1 aromatic heterocycles. The summed E-state index contributed by atoms with van der Waals surface area (Å²) in [6.07, 6.45) is 5.77. The molecule has 1 fully saturated rings. The van der Waals surface area contributed by atoms with E-state index in [1.807, 2.05) is 6.20 Å². The molecule has 3 heteroatoms. The van der Waals surface area contributed by atoms with Crippen molar-refractivity contribution in [3.05, 3.63) is 18.0 Å². The van der Waals surface area contributed by atoms with E-state index in [-0.39, 0.29) is 0 Å². The van der Waals surface area contributed by atoms with Crippen LogP contribution in [0.1, 0.15) is 45.7 Å². The van der Waals surface area contributed by atoms with E-state index in [1.54, 1.807) is 0 Å². The van der Waals surface area contributed by atoms with Crippen LogP contribution in [0.15, 0.2) is 12.3 Å². The molecule has 0 amide bonds. The normalized spacial score (nSPS) is 16.7. The fraction of sp³-hybridized carbons (Fsp3) is 0.769. The summed E-state index contributed by atoms with van der Waals surface area (Å²) in [5, 5.41) is 7.93. The molecule has 1 heterocycles. The summed E-state index contributed by atoms with van der Waals surface area (Å²) in [7, 11) is 0. The second-order valence-electron chi connectivity index (χ2n) is 6.01. The minimum atomic E-state index is 0.382. The Morgan fingerprint density at radius 3 is 2.81 bits per heavy atom. The van der Waals surface area contributed by atoms with Gasteiger partial charge < -0.3 is 5.32 Å². The molecular formula is C13H23N3. The summed E-state index contributed by atoms with van der Waals surface area (Å²) < 4.78 is 2.14. The summed E-state index contributed by atoms with van der Waals surface area (Å²) >= 11 is 0. The van der Waals surface area contributed by atoms with Gasteiger partial charge in [-0.3, -0.25) is 4.68 Å². The van der Waals surface area contributed by atoms with Crippen molar-refractivity contribution in [2.45, 2.75) is 59.2 Å². The van der Waals surface area contributed by atoms with Crippen molar-refractivity contribution >= 4 is 0 Å². The third kappa shape index (κ3) is 3.63. The van der Waals surface area contributed by atoms with Gasteiger partial charge in [0.1, 0.15) is 0 Å². The maximum absolute atomic E-state index is 4.39. The zero-order valence-corrected chi connectivity index (χ0v) is 10.7. The molecule has 0 bridgehead atoms. The lowest BCUT2D eigenvalue weighted by Gasteiger charge is -2.18. The molecule has 3 nitrogen and oxygen atoms in total. The van der Waals surface area contributed by atoms with Gasteiger partial charge in [0, 0.05) is 25.3 Å². The highest BCUT2D eigenvalue weighted by Crippen LogP contribution is 2.21. The quantitative estimate of drug-likeness (QED) is 0.828. The van der Waals surface area contributed by atoms with Gasteiger partial charge in [-0.25, -0.2) is 0 Å². The number of rotatable bonds is 5. The lowest BCUT2D eigenvalue weighted by molar-refractivity contribution is 0.337. The number of nitrogens with one attached hydrogen (secondary N) is 1. The van der Waals surface area contributed by atoms with Gasteiger partial charge >= 0.3 is 0 Å². The third-order valence-corrected chi connectivity index (χ3v) is 3.03. The fourth-order valence-electron chi connectivity index (χ4n) is 1.69. The van der Waals surface area contributed by atoms with E-state index < -0.39 is 0 Å². The molecule has 1 N–H and O–H groups in total. The van der Waals surface area contributed by atoms with Crippen molar-refractivity contribution in [1.29, 1.82) is 0 Å². The van der Waals surface area contributed by atoms with Crippen LogP contribution in [-0.2, 0) is 13.1 Å². The second-order valence-corrected chi connectivity index (χ2v) is 6.01. The SMILES string of the molecule is CC(C)(C)CCn1nccc1CNC1CC1. The Labute approximate surface area is 98.2 Å². The predicted molar refractivity (Wildman–Crippen MR) is 66.2 cm³/mol. The average Bonchev–Trinajstić information content (AvgIpc) is 2.90. The van der Waals surface area contributed by atoms with Crippen molar-refractivity contribution < 1.29 is 0 Å². The molecule has 0 unspecified atom stereocenters. The third-order valence-electron chi connectivity index (χ3n) is 3.03. The molecule has 1 saturated carbocycles. The number of hydrogen-bond acceptors (Lipinski definition) is 2. The fourth-order valence-corrected chi connectivity index (χ4v) is 1.69. The highest BCUT2D eigenvalue weighted by molar-refractivity contribution is 5.01. The van der Waals surface area contributed by atoms with Gasteiger partial charge in [0.2, 0.25) is 0 Å². The molecule has 16 heavy (non-hydrogen) atoms. The van der Waals surface area contributed by atoms with Crippen molar-refractivity contribution in [3.8, 4) is 0 Å². The van der Waals surface area contributed by atoms with Gasteiger partial charge in [-0.05, 0) is 30.7 Å². The second kappa shape index (κ2) is 4.58. The standard InChI is InChI=1S/C13H23N3/c1-13(2,3)7-9-16-12(6-8-15-16)10-14-11-4-5-11/h6,8,11,14H,4-5,7,9-10H2,1-3H3. The van der Waals surface area contributed by atoms with Crippen molar-refractivity contribution in [2.75, 3.05) is 0 Å². The molecule has 90 valence electrons. The Kier molecular flexibility index (Phi) is 3.33. The molecule has 2 rings (SSSR count). The molecule has 0 aliphatic heterocycles. The number of aryl methyl sites for hydroxylation is 1. The van der Waals surface area contributed by atoms with Crippen LogP contribution in [0.5, 0.6) is 0 Å². The van der Waals surface area contributed by atoms with Gasteiger partial charge in [0.15, 0.2) is 0 Å². The van der Waals surface area contributed by atoms with Crippen LogP contribution in [0, 0.1) is 5.41 Å². The maximum atomic E-state index is 4.39. The van der Waals surface area contributed by atoms with Crippen LogP contribution in [-0.4, -0.2) is 15.8 Å². The van der Waals surface area contributed by atoms with E-state index in [9.17, 15) is 0 Å². The molecule has 1 aliphatic carbocycles. The molecule has 0 radical (unpaired) electrons. The number of aromatic nitrogens is 2. The van der Waals surface area contributed by atoms with Crippen molar-refractivity contribution in [3.63, 3.8) is 0 Å². The zero-order chi connectivity index (χ0) is 11.6. The van der Waals surface area contributed by atoms with Crippen LogP contribution >= 0.6 is 0 Å². The Morgan fingerprint density at radius 1 is 1.44 bits per heavy atom. The first-order valence-corrected chi connectivity index (χ1v) is 6.29. The monoisotopic (exact) mass is 221 g/mol. The molecule has 0 saturated heterocycles. The molecule has 1 aromatic rings. The Balaban J connectivity index is 1.85. The van der Waals surface area contributed by atoms with E-state index in [1.165, 1.54) is 25.0 Å². The first-order chi connectivity index (χ1) is 7.54. The first-order valence-electron chi connectivity index (χ1n) is 6.29. The van der Waals surface area contributed by atoms with E-state index in [4.69, 9.17) is 0 Å². The van der Waals surface area contributed by atoms with Gasteiger partial charge in [-0.15, -0.1) is 0 Å². The van der Waals surface area contributed by atoms with Crippen LogP contribution in [0.2, 0.25) is 0 Å². The molecule has 0 atom stereocenters. The highest BCUT2D eigenvalue weighted by atomic mass is 15.3. The van der Waals surface area contributed by atoms with E-state index in [0.717, 1.165) is 19.1 Å². The largest absolute Gasteiger partial charge is 0.308 e. The molecule has 1 aliphatic rings. The van der Waals surface area contributed by atoms with Gasteiger partial charge in [-0.2, -0.15) is 5.10 Å². The van der Waals surface area contributed by atoms with Crippen LogP contribution in [0.25, 0.3) is 0 Å². The molecule has 0 spiro atoms. The topological polar surface area (TPSA) is 29.9 Å². The molecule has 0 aromatic carbocycles. The van der Waals surface area contributed by atoms with Crippen LogP contribution in [0.3, 0.4) is 0 Å². The lowest BCUT2D eigenvalue weighted by Crippen LogP contribution is -2.20. The number of nitrogens with zero attached hydrogens (tertiary/aromatic N) is 2. The summed E-state index contributed by atoms with van der Waals surface area (Å²) in [6.45, 7) is 8.82. The maximum Gasteiger partial charge on any atom is 0.0522 e. The van der Waals surface area contributed by atoms with Crippen molar-refractivity contribution in [2.24, 2.45) is 5.41 Å². The lowest BCUT2D eigenvalue weighted by atomic mass is 9.92. The van der Waals surface area contributed by atoms with Crippen molar-refractivity contribution in [1.82, 2.24) is 15.1 Å². The zero-order valence-electron chi connectivity index (χ0n) is 10.7. The van der Waals surface area contributed by atoms with Gasteiger partial charge in [-0.1, -0.05) is 20.8 Å². The summed E-state index contributed by atoms with van der Waals surface area (Å²) in [6, 6.07) is 2.89. The summed E-state index contributed by atoms with van der Waals surface area (Å²) in [4.78, 5) is 0. The smallest absolute Gasteiger partial charge is 0.0522 e. The summed E-state index contributed by atoms with van der Waals surface area (Å²) in [5.74, 6) is 0. The van der Waals surface area contributed by atoms with Crippen LogP contribution < -0.4 is 5.32 Å². The Bertz CT molecular complexity index is 331. The first kappa shape index (κ1) is 11.6. The van der Waals surface area contributed by atoms with E-state index >= 15 is 0 Å². The Morgan fingerprint density at radius 2 is 2.19 bits per heavy atom. The van der Waals surface area contributed by atoms with Gasteiger partial charge in [0.25, 0.3) is 0 Å².